The highest BCUT2D eigenvalue weighted by Gasteiger charge is 2.21. The molecule has 0 radical (unpaired) electrons. The van der Waals surface area contributed by atoms with E-state index in [1.807, 2.05) is 67.6 Å². The number of carbonyl (C=O) groups excluding carboxylic acids is 1. The summed E-state index contributed by atoms with van der Waals surface area (Å²) in [6.45, 7) is 6.42. The molecule has 0 atom stereocenters. The molecule has 2 heterocycles. The molecule has 1 aromatic heterocycles. The van der Waals surface area contributed by atoms with Crippen molar-refractivity contribution >= 4 is 22.5 Å². The lowest BCUT2D eigenvalue weighted by Crippen LogP contribution is -2.48. The van der Waals surface area contributed by atoms with E-state index in [1.54, 1.807) is 6.07 Å². The standard InChI is InChI=1S/C28H28FN5O/c1-20-10-12-21(13-11-20)27-26(22-6-2-4-8-24(22)31-32-27)28(35)30-14-15-33-16-18-34(19-17-33)25-9-5-3-7-23(25)29/h2-13H,14-19H2,1H3,(H,30,35). The van der Waals surface area contributed by atoms with Crippen LogP contribution in [-0.2, 0) is 0 Å². The molecular formula is C28H28FN5O. The van der Waals surface area contributed by atoms with Gasteiger partial charge >= 0.3 is 0 Å². The van der Waals surface area contributed by atoms with Crippen LogP contribution in [-0.4, -0.2) is 60.3 Å². The fourth-order valence-electron chi connectivity index (χ4n) is 4.53. The van der Waals surface area contributed by atoms with Gasteiger partial charge in [0.25, 0.3) is 5.91 Å². The molecule has 0 unspecified atom stereocenters. The maximum absolute atomic E-state index is 14.1. The molecule has 0 bridgehead atoms. The number of carbonyl (C=O) groups is 1. The van der Waals surface area contributed by atoms with Crippen LogP contribution in [0.25, 0.3) is 22.2 Å². The first-order valence-corrected chi connectivity index (χ1v) is 11.9. The Labute approximate surface area is 204 Å². The number of anilines is 1. The minimum atomic E-state index is -0.184. The van der Waals surface area contributed by atoms with Crippen molar-refractivity contribution in [1.82, 2.24) is 20.4 Å². The van der Waals surface area contributed by atoms with Gasteiger partial charge in [0.05, 0.1) is 16.8 Å². The number of hydrogen-bond donors (Lipinski definition) is 1. The molecule has 1 fully saturated rings. The highest BCUT2D eigenvalue weighted by atomic mass is 19.1. The van der Waals surface area contributed by atoms with Gasteiger partial charge in [-0.1, -0.05) is 60.2 Å². The average molecular weight is 470 g/mol. The number of piperazine rings is 1. The zero-order valence-corrected chi connectivity index (χ0v) is 19.7. The van der Waals surface area contributed by atoms with Crippen LogP contribution in [0.3, 0.4) is 0 Å². The average Bonchev–Trinajstić information content (AvgIpc) is 2.89. The summed E-state index contributed by atoms with van der Waals surface area (Å²) in [5, 5.41) is 12.6. The number of nitrogens with zero attached hydrogens (tertiary/aromatic N) is 4. The molecule has 6 nitrogen and oxygen atoms in total. The Hall–Kier alpha value is -3.84. The first-order chi connectivity index (χ1) is 17.1. The van der Waals surface area contributed by atoms with Crippen molar-refractivity contribution in [2.45, 2.75) is 6.92 Å². The van der Waals surface area contributed by atoms with Gasteiger partial charge in [-0.3, -0.25) is 9.69 Å². The first kappa shape index (κ1) is 22.9. The van der Waals surface area contributed by atoms with Gasteiger partial charge in [-0.2, -0.15) is 0 Å². The van der Waals surface area contributed by atoms with Crippen LogP contribution in [0, 0.1) is 12.7 Å². The number of aromatic nitrogens is 2. The van der Waals surface area contributed by atoms with Crippen molar-refractivity contribution in [1.29, 1.82) is 0 Å². The summed E-state index contributed by atoms with van der Waals surface area (Å²) >= 11 is 0. The summed E-state index contributed by atoms with van der Waals surface area (Å²) in [6.07, 6.45) is 0. The minimum absolute atomic E-state index is 0.156. The highest BCUT2D eigenvalue weighted by molar-refractivity contribution is 6.10. The number of nitrogens with one attached hydrogen (secondary N) is 1. The maximum Gasteiger partial charge on any atom is 0.254 e. The Balaban J connectivity index is 1.26. The van der Waals surface area contributed by atoms with Crippen molar-refractivity contribution in [2.24, 2.45) is 0 Å². The van der Waals surface area contributed by atoms with Crippen LogP contribution in [0.1, 0.15) is 15.9 Å². The third kappa shape index (κ3) is 5.00. The van der Waals surface area contributed by atoms with Crippen LogP contribution in [0.4, 0.5) is 10.1 Å². The van der Waals surface area contributed by atoms with Crippen LogP contribution >= 0.6 is 0 Å². The van der Waals surface area contributed by atoms with E-state index in [0.717, 1.165) is 49.2 Å². The zero-order chi connectivity index (χ0) is 24.2. The monoisotopic (exact) mass is 469 g/mol. The van der Waals surface area contributed by atoms with E-state index in [4.69, 9.17) is 0 Å². The predicted molar refractivity (Wildman–Crippen MR) is 137 cm³/mol. The van der Waals surface area contributed by atoms with E-state index in [0.29, 0.717) is 29.0 Å². The molecule has 1 aliphatic heterocycles. The molecule has 4 aromatic rings. The van der Waals surface area contributed by atoms with Gasteiger partial charge in [-0.25, -0.2) is 4.39 Å². The van der Waals surface area contributed by atoms with Crippen molar-refractivity contribution < 1.29 is 9.18 Å². The molecule has 0 spiro atoms. The van der Waals surface area contributed by atoms with Gasteiger partial charge in [0.15, 0.2) is 0 Å². The molecule has 0 aliphatic carbocycles. The Morgan fingerprint density at radius 2 is 1.63 bits per heavy atom. The summed E-state index contributed by atoms with van der Waals surface area (Å²) in [5.41, 5.74) is 4.48. The number of benzene rings is 3. The third-order valence-corrected chi connectivity index (χ3v) is 6.50. The molecule has 0 saturated carbocycles. The topological polar surface area (TPSA) is 61.4 Å². The molecule has 1 amide bonds. The molecule has 7 heteroatoms. The van der Waals surface area contributed by atoms with Crippen molar-refractivity contribution in [3.8, 4) is 11.3 Å². The van der Waals surface area contributed by atoms with Crippen LogP contribution in [0.2, 0.25) is 0 Å². The van der Waals surface area contributed by atoms with Gasteiger partial charge in [0.2, 0.25) is 0 Å². The molecule has 1 saturated heterocycles. The number of rotatable bonds is 6. The van der Waals surface area contributed by atoms with Crippen molar-refractivity contribution in [3.05, 3.63) is 89.7 Å². The van der Waals surface area contributed by atoms with Crippen molar-refractivity contribution in [2.75, 3.05) is 44.2 Å². The van der Waals surface area contributed by atoms with E-state index in [1.165, 1.54) is 6.07 Å². The second-order valence-corrected chi connectivity index (χ2v) is 8.84. The lowest BCUT2D eigenvalue weighted by atomic mass is 10.0. The third-order valence-electron chi connectivity index (χ3n) is 6.50. The van der Waals surface area contributed by atoms with E-state index < -0.39 is 0 Å². The van der Waals surface area contributed by atoms with Gasteiger partial charge in [0.1, 0.15) is 11.5 Å². The van der Waals surface area contributed by atoms with E-state index in [9.17, 15) is 9.18 Å². The molecule has 1 aliphatic rings. The normalized spacial score (nSPS) is 14.3. The van der Waals surface area contributed by atoms with Gasteiger partial charge < -0.3 is 10.2 Å². The number of halogens is 1. The highest BCUT2D eigenvalue weighted by Crippen LogP contribution is 2.27. The lowest BCUT2D eigenvalue weighted by molar-refractivity contribution is 0.0949. The van der Waals surface area contributed by atoms with Gasteiger partial charge in [-0.15, -0.1) is 10.2 Å². The van der Waals surface area contributed by atoms with Crippen LogP contribution in [0.5, 0.6) is 0 Å². The van der Waals surface area contributed by atoms with Crippen LogP contribution < -0.4 is 10.2 Å². The maximum atomic E-state index is 14.1. The smallest absolute Gasteiger partial charge is 0.254 e. The summed E-state index contributed by atoms with van der Waals surface area (Å²) < 4.78 is 14.1. The fraction of sp³-hybridized carbons (Fsp3) is 0.250. The lowest BCUT2D eigenvalue weighted by Gasteiger charge is -2.36. The quantitative estimate of drug-likeness (QED) is 0.456. The SMILES string of the molecule is Cc1ccc(-c2nnc3ccccc3c2C(=O)NCCN2CCN(c3ccccc3F)CC2)cc1. The fourth-order valence-corrected chi connectivity index (χ4v) is 4.53. The summed E-state index contributed by atoms with van der Waals surface area (Å²) in [5.74, 6) is -0.340. The Kier molecular flexibility index (Phi) is 6.68. The molecule has 5 rings (SSSR count). The van der Waals surface area contributed by atoms with E-state index in [-0.39, 0.29) is 11.7 Å². The molecule has 35 heavy (non-hydrogen) atoms. The number of fused-ring (bicyclic) bond motifs is 1. The largest absolute Gasteiger partial charge is 0.367 e. The molecular weight excluding hydrogens is 441 g/mol. The Bertz CT molecular complexity index is 1330. The number of amides is 1. The first-order valence-electron chi connectivity index (χ1n) is 11.9. The second-order valence-electron chi connectivity index (χ2n) is 8.84. The Morgan fingerprint density at radius 3 is 2.40 bits per heavy atom. The number of para-hydroxylation sites is 1. The molecule has 1 N–H and O–H groups in total. The van der Waals surface area contributed by atoms with Gasteiger partial charge in [-0.05, 0) is 25.1 Å². The van der Waals surface area contributed by atoms with E-state index in [2.05, 4.69) is 25.3 Å². The summed E-state index contributed by atoms with van der Waals surface area (Å²) in [6, 6.07) is 22.4. The Morgan fingerprint density at radius 1 is 0.914 bits per heavy atom. The minimum Gasteiger partial charge on any atom is -0.367 e. The summed E-state index contributed by atoms with van der Waals surface area (Å²) in [4.78, 5) is 17.8. The second kappa shape index (κ2) is 10.2. The summed E-state index contributed by atoms with van der Waals surface area (Å²) in [7, 11) is 0. The van der Waals surface area contributed by atoms with Gasteiger partial charge in [0, 0.05) is 50.2 Å². The number of aryl methyl sites for hydroxylation is 1. The predicted octanol–water partition coefficient (Wildman–Crippen LogP) is 4.30. The van der Waals surface area contributed by atoms with Crippen LogP contribution in [0.15, 0.2) is 72.8 Å². The number of hydrogen-bond acceptors (Lipinski definition) is 5. The molecule has 178 valence electrons. The van der Waals surface area contributed by atoms with Crippen molar-refractivity contribution in [3.63, 3.8) is 0 Å². The molecule has 3 aromatic carbocycles. The van der Waals surface area contributed by atoms with E-state index >= 15 is 0 Å². The zero-order valence-electron chi connectivity index (χ0n) is 19.7.